The zero-order valence-electron chi connectivity index (χ0n) is 14.3. The van der Waals surface area contributed by atoms with Crippen molar-refractivity contribution in [2.45, 2.75) is 12.5 Å². The molecule has 1 aliphatic rings. The second-order valence-corrected chi connectivity index (χ2v) is 7.06. The normalized spacial score (nSPS) is 16.5. The van der Waals surface area contributed by atoms with Gasteiger partial charge in [0.05, 0.1) is 15.0 Å². The fourth-order valence-corrected chi connectivity index (χ4v) is 3.75. The summed E-state index contributed by atoms with van der Waals surface area (Å²) >= 11 is 12.2. The molecule has 0 bridgehead atoms. The summed E-state index contributed by atoms with van der Waals surface area (Å²) in [5.74, 6) is 0. The molecule has 1 fully saturated rings. The lowest BCUT2D eigenvalue weighted by atomic mass is 10.0. The Kier molecular flexibility index (Phi) is 6.01. The molecule has 5 nitrogen and oxygen atoms in total. The van der Waals surface area contributed by atoms with E-state index in [1.165, 1.54) is 0 Å². The molecule has 137 valence electrons. The van der Waals surface area contributed by atoms with Crippen LogP contribution >= 0.6 is 23.2 Å². The van der Waals surface area contributed by atoms with Gasteiger partial charge >= 0.3 is 0 Å². The van der Waals surface area contributed by atoms with E-state index < -0.39 is 0 Å². The first-order valence-corrected chi connectivity index (χ1v) is 9.23. The molecule has 1 radical (unpaired) electrons. The van der Waals surface area contributed by atoms with Gasteiger partial charge in [0.2, 0.25) is 0 Å². The molecule has 7 heteroatoms. The summed E-state index contributed by atoms with van der Waals surface area (Å²) in [6.45, 7) is 7.13. The zero-order valence-corrected chi connectivity index (χ0v) is 15.8. The van der Waals surface area contributed by atoms with Crippen molar-refractivity contribution in [3.05, 3.63) is 75.1 Å². The van der Waals surface area contributed by atoms with Crippen LogP contribution < -0.4 is 4.90 Å². The van der Waals surface area contributed by atoms with Crippen molar-refractivity contribution >= 4 is 34.6 Å². The standard InChI is InChI=1S/C19H20Cl2N3O2/c1-2-17(14-7-8-15(20)16(21)13-14)22-9-11-23(12-10-22)18-5-3-4-6-19(18)24(25)26/h3-8,13,17H,1-2,9-12H2. The number of hydrogen-bond donors (Lipinski definition) is 0. The second kappa shape index (κ2) is 8.25. The Balaban J connectivity index is 1.73. The highest BCUT2D eigenvalue weighted by Gasteiger charge is 2.27. The van der Waals surface area contributed by atoms with Gasteiger partial charge in [0.15, 0.2) is 0 Å². The summed E-state index contributed by atoms with van der Waals surface area (Å²) in [4.78, 5) is 15.4. The Labute approximate surface area is 163 Å². The van der Waals surface area contributed by atoms with Crippen LogP contribution in [-0.2, 0) is 0 Å². The van der Waals surface area contributed by atoms with E-state index >= 15 is 0 Å². The molecule has 1 saturated heterocycles. The van der Waals surface area contributed by atoms with E-state index in [4.69, 9.17) is 23.2 Å². The third-order valence-electron chi connectivity index (χ3n) is 4.78. The van der Waals surface area contributed by atoms with Gasteiger partial charge in [-0.15, -0.1) is 0 Å². The lowest BCUT2D eigenvalue weighted by molar-refractivity contribution is -0.384. The van der Waals surface area contributed by atoms with Gasteiger partial charge in [-0.2, -0.15) is 0 Å². The van der Waals surface area contributed by atoms with E-state index in [1.54, 1.807) is 12.1 Å². The number of halogens is 2. The van der Waals surface area contributed by atoms with E-state index in [-0.39, 0.29) is 16.7 Å². The number of nitrogens with zero attached hydrogens (tertiary/aromatic N) is 3. The monoisotopic (exact) mass is 392 g/mol. The predicted molar refractivity (Wildman–Crippen MR) is 106 cm³/mol. The third kappa shape index (κ3) is 3.95. The van der Waals surface area contributed by atoms with Crippen LogP contribution in [-0.4, -0.2) is 36.0 Å². The van der Waals surface area contributed by atoms with E-state index in [9.17, 15) is 10.1 Å². The van der Waals surface area contributed by atoms with E-state index in [1.807, 2.05) is 30.3 Å². The average Bonchev–Trinajstić information content (AvgIpc) is 2.66. The van der Waals surface area contributed by atoms with Crippen molar-refractivity contribution in [3.8, 4) is 0 Å². The molecule has 1 heterocycles. The Bertz CT molecular complexity index is 792. The van der Waals surface area contributed by atoms with Gasteiger partial charge in [0, 0.05) is 38.3 Å². The zero-order chi connectivity index (χ0) is 18.7. The Morgan fingerprint density at radius 1 is 1.08 bits per heavy atom. The average molecular weight is 393 g/mol. The first-order chi connectivity index (χ1) is 12.5. The molecule has 2 aromatic rings. The largest absolute Gasteiger partial charge is 0.363 e. The highest BCUT2D eigenvalue weighted by molar-refractivity contribution is 6.42. The predicted octanol–water partition coefficient (Wildman–Crippen LogP) is 4.99. The van der Waals surface area contributed by atoms with Gasteiger partial charge < -0.3 is 4.90 Å². The van der Waals surface area contributed by atoms with Crippen LogP contribution in [0.3, 0.4) is 0 Å². The maximum Gasteiger partial charge on any atom is 0.292 e. The summed E-state index contributed by atoms with van der Waals surface area (Å²) in [6, 6.07) is 12.7. The number of piperazine rings is 1. The molecule has 1 unspecified atom stereocenters. The summed E-state index contributed by atoms with van der Waals surface area (Å²) in [6.07, 6.45) is 0.712. The maximum atomic E-state index is 11.3. The maximum absolute atomic E-state index is 11.3. The molecule has 3 rings (SSSR count). The molecular formula is C19H20Cl2N3O2. The van der Waals surface area contributed by atoms with Gasteiger partial charge in [-0.25, -0.2) is 0 Å². The number of benzene rings is 2. The molecule has 2 aromatic carbocycles. The van der Waals surface area contributed by atoms with Gasteiger partial charge in [-0.1, -0.05) is 48.3 Å². The molecule has 1 aliphatic heterocycles. The lowest BCUT2D eigenvalue weighted by Gasteiger charge is -2.40. The summed E-state index contributed by atoms with van der Waals surface area (Å²) in [5.41, 5.74) is 1.92. The second-order valence-electron chi connectivity index (χ2n) is 6.25. The van der Waals surface area contributed by atoms with Crippen LogP contribution in [0.2, 0.25) is 10.0 Å². The highest BCUT2D eigenvalue weighted by atomic mass is 35.5. The van der Waals surface area contributed by atoms with E-state index in [2.05, 4.69) is 16.7 Å². The Morgan fingerprint density at radius 3 is 2.38 bits per heavy atom. The highest BCUT2D eigenvalue weighted by Crippen LogP contribution is 2.33. The van der Waals surface area contributed by atoms with Crippen molar-refractivity contribution in [2.24, 2.45) is 0 Å². The van der Waals surface area contributed by atoms with Crippen molar-refractivity contribution in [1.29, 1.82) is 0 Å². The number of para-hydroxylation sites is 2. The van der Waals surface area contributed by atoms with Crippen LogP contribution in [0.25, 0.3) is 0 Å². The van der Waals surface area contributed by atoms with Gasteiger partial charge in [-0.05, 0) is 30.2 Å². The molecular weight excluding hydrogens is 373 g/mol. The number of hydrogen-bond acceptors (Lipinski definition) is 4. The molecule has 26 heavy (non-hydrogen) atoms. The first kappa shape index (κ1) is 19.0. The first-order valence-electron chi connectivity index (χ1n) is 8.48. The SMILES string of the molecule is [CH2]CC(c1ccc(Cl)c(Cl)c1)N1CCN(c2ccccc2[N+](=O)[O-])CC1. The topological polar surface area (TPSA) is 49.6 Å². The molecule has 0 amide bonds. The van der Waals surface area contributed by atoms with Crippen LogP contribution in [0.5, 0.6) is 0 Å². The minimum atomic E-state index is -0.323. The van der Waals surface area contributed by atoms with Gasteiger partial charge in [-0.3, -0.25) is 15.0 Å². The number of nitro benzene ring substituents is 1. The molecule has 1 atom stereocenters. The Morgan fingerprint density at radius 2 is 1.77 bits per heavy atom. The van der Waals surface area contributed by atoms with Crippen LogP contribution in [0.4, 0.5) is 11.4 Å². The molecule has 0 N–H and O–H groups in total. The minimum Gasteiger partial charge on any atom is -0.363 e. The number of anilines is 1. The van der Waals surface area contributed by atoms with Crippen molar-refractivity contribution in [2.75, 3.05) is 31.1 Å². The summed E-state index contributed by atoms with van der Waals surface area (Å²) in [5, 5.41) is 12.3. The fraction of sp³-hybridized carbons (Fsp3) is 0.316. The number of rotatable bonds is 5. The van der Waals surface area contributed by atoms with Gasteiger partial charge in [0.1, 0.15) is 5.69 Å². The fourth-order valence-electron chi connectivity index (χ4n) is 3.44. The van der Waals surface area contributed by atoms with E-state index in [0.29, 0.717) is 22.2 Å². The number of nitro groups is 1. The molecule has 0 saturated carbocycles. The van der Waals surface area contributed by atoms with Gasteiger partial charge in [0.25, 0.3) is 5.69 Å². The van der Waals surface area contributed by atoms with Crippen LogP contribution in [0.1, 0.15) is 18.0 Å². The van der Waals surface area contributed by atoms with Crippen LogP contribution in [0.15, 0.2) is 42.5 Å². The molecule has 0 aromatic heterocycles. The smallest absolute Gasteiger partial charge is 0.292 e. The molecule has 0 aliphatic carbocycles. The van der Waals surface area contributed by atoms with E-state index in [0.717, 1.165) is 31.7 Å². The Hall–Kier alpha value is -1.82. The van der Waals surface area contributed by atoms with Crippen molar-refractivity contribution in [1.82, 2.24) is 4.90 Å². The summed E-state index contributed by atoms with van der Waals surface area (Å²) in [7, 11) is 0. The molecule has 0 spiro atoms. The minimum absolute atomic E-state index is 0.151. The lowest BCUT2D eigenvalue weighted by Crippen LogP contribution is -2.47. The van der Waals surface area contributed by atoms with Crippen LogP contribution in [0, 0.1) is 17.0 Å². The quantitative estimate of drug-likeness (QED) is 0.531. The van der Waals surface area contributed by atoms with Crippen molar-refractivity contribution < 1.29 is 4.92 Å². The van der Waals surface area contributed by atoms with Crippen molar-refractivity contribution in [3.63, 3.8) is 0 Å². The summed E-state index contributed by atoms with van der Waals surface area (Å²) < 4.78 is 0. The third-order valence-corrected chi connectivity index (χ3v) is 5.52.